The Hall–Kier alpha value is -2.96. The van der Waals surface area contributed by atoms with Gasteiger partial charge in [-0.2, -0.15) is 13.0 Å². The second-order valence-corrected chi connectivity index (χ2v) is 6.13. The normalized spacial score (nSPS) is 18.1. The highest BCUT2D eigenvalue weighted by molar-refractivity contribution is 7.75. The standard InChI is InChI=1S/C14H6F5NO6S/c15-7-8(16)10(18)12(11(19)9(7)17)25-27(23)26-20-13(21)5-3-1-2-4(24-3)6(5)14(20)22/h1,4,21-22H,2H2. The zero-order chi connectivity index (χ0) is 19.6. The monoisotopic (exact) mass is 411 g/mol. The predicted octanol–water partition coefficient (Wildman–Crippen LogP) is 2.50. The van der Waals surface area contributed by atoms with E-state index < -0.39 is 64.1 Å². The largest absolute Gasteiger partial charge is 0.492 e. The van der Waals surface area contributed by atoms with Crippen LogP contribution in [-0.2, 0) is 16.1 Å². The first-order valence-electron chi connectivity index (χ1n) is 7.06. The van der Waals surface area contributed by atoms with Gasteiger partial charge in [0.25, 0.3) is 0 Å². The van der Waals surface area contributed by atoms with E-state index in [1.807, 2.05) is 0 Å². The maximum atomic E-state index is 13.5. The first-order valence-corrected chi connectivity index (χ1v) is 8.06. The fraction of sp³-hybridized carbons (Fsp3) is 0.143. The van der Waals surface area contributed by atoms with E-state index in [0.717, 1.165) is 0 Å². The molecule has 1 aromatic carbocycles. The average molecular weight is 411 g/mol. The zero-order valence-electron chi connectivity index (χ0n) is 12.6. The van der Waals surface area contributed by atoms with E-state index in [0.29, 0.717) is 6.42 Å². The van der Waals surface area contributed by atoms with Gasteiger partial charge in [-0.3, -0.25) is 4.28 Å². The van der Waals surface area contributed by atoms with Crippen molar-refractivity contribution in [1.82, 2.24) is 4.73 Å². The molecule has 0 saturated heterocycles. The van der Waals surface area contributed by atoms with Crippen LogP contribution in [0.4, 0.5) is 22.0 Å². The van der Waals surface area contributed by atoms with E-state index in [4.69, 9.17) is 4.74 Å². The third-order valence-corrected chi connectivity index (χ3v) is 4.50. The topological polar surface area (TPSA) is 90.2 Å². The Bertz CT molecular complexity index is 1020. The lowest BCUT2D eigenvalue weighted by Crippen LogP contribution is -2.20. The Kier molecular flexibility index (Phi) is 3.73. The van der Waals surface area contributed by atoms with Gasteiger partial charge in [0, 0.05) is 6.42 Å². The van der Waals surface area contributed by atoms with Gasteiger partial charge in [0.15, 0.2) is 0 Å². The first-order chi connectivity index (χ1) is 12.7. The van der Waals surface area contributed by atoms with E-state index >= 15 is 0 Å². The summed E-state index contributed by atoms with van der Waals surface area (Å²) in [6, 6.07) is 0. The number of benzene rings is 1. The molecule has 4 rings (SSSR count). The highest BCUT2D eigenvalue weighted by Crippen LogP contribution is 2.54. The molecule has 0 fully saturated rings. The Balaban J connectivity index is 1.64. The molecule has 27 heavy (non-hydrogen) atoms. The van der Waals surface area contributed by atoms with Crippen LogP contribution in [0.25, 0.3) is 5.76 Å². The van der Waals surface area contributed by atoms with Crippen LogP contribution in [-0.4, -0.2) is 19.2 Å². The van der Waals surface area contributed by atoms with E-state index in [2.05, 4.69) is 8.47 Å². The van der Waals surface area contributed by atoms with Crippen molar-refractivity contribution < 1.29 is 49.6 Å². The van der Waals surface area contributed by atoms with Crippen molar-refractivity contribution in [3.63, 3.8) is 0 Å². The molecule has 2 N–H and O–H groups in total. The van der Waals surface area contributed by atoms with Crippen LogP contribution in [0.1, 0.15) is 23.7 Å². The van der Waals surface area contributed by atoms with Gasteiger partial charge in [-0.1, -0.05) is 4.73 Å². The minimum atomic E-state index is -3.21. The summed E-state index contributed by atoms with van der Waals surface area (Å²) < 4.78 is 92.3. The molecule has 2 unspecified atom stereocenters. The number of aromatic hydroxyl groups is 2. The fourth-order valence-corrected chi connectivity index (χ4v) is 3.34. The third kappa shape index (κ3) is 2.34. The molecule has 2 aliphatic rings. The molecule has 2 bridgehead atoms. The minimum absolute atomic E-state index is 0.0528. The van der Waals surface area contributed by atoms with Crippen LogP contribution in [0, 0.1) is 29.1 Å². The van der Waals surface area contributed by atoms with Crippen molar-refractivity contribution >= 4 is 17.1 Å². The van der Waals surface area contributed by atoms with Crippen LogP contribution in [0.15, 0.2) is 6.08 Å². The van der Waals surface area contributed by atoms with Crippen molar-refractivity contribution in [3.05, 3.63) is 46.3 Å². The first kappa shape index (κ1) is 17.5. The lowest BCUT2D eigenvalue weighted by atomic mass is 10.0. The summed E-state index contributed by atoms with van der Waals surface area (Å²) in [6.07, 6.45) is 1.39. The highest BCUT2D eigenvalue weighted by atomic mass is 32.2. The molecule has 0 aliphatic carbocycles. The van der Waals surface area contributed by atoms with Crippen molar-refractivity contribution in [2.45, 2.75) is 12.5 Å². The third-order valence-electron chi connectivity index (χ3n) is 3.93. The molecule has 0 spiro atoms. The summed E-state index contributed by atoms with van der Waals surface area (Å²) in [4.78, 5) is 0. The molecule has 13 heteroatoms. The van der Waals surface area contributed by atoms with Crippen LogP contribution in [0.2, 0.25) is 0 Å². The molecule has 2 aromatic rings. The van der Waals surface area contributed by atoms with Gasteiger partial charge < -0.3 is 19.1 Å². The van der Waals surface area contributed by atoms with E-state index in [9.17, 15) is 36.4 Å². The zero-order valence-corrected chi connectivity index (χ0v) is 13.5. The molecule has 0 saturated carbocycles. The number of hydrogen-bond acceptors (Lipinski definition) is 6. The molecule has 0 amide bonds. The Morgan fingerprint density at radius 1 is 1.04 bits per heavy atom. The van der Waals surface area contributed by atoms with Gasteiger partial charge in [0.05, 0.1) is 11.1 Å². The summed E-state index contributed by atoms with van der Waals surface area (Å²) in [5.74, 6) is -14.9. The van der Waals surface area contributed by atoms with Crippen LogP contribution < -0.4 is 8.47 Å². The number of hydrogen-bond donors (Lipinski definition) is 2. The average Bonchev–Trinajstić information content (AvgIpc) is 3.32. The predicted molar refractivity (Wildman–Crippen MR) is 75.8 cm³/mol. The smallest absolute Gasteiger partial charge is 0.438 e. The van der Waals surface area contributed by atoms with Crippen molar-refractivity contribution in [2.75, 3.05) is 0 Å². The van der Waals surface area contributed by atoms with E-state index in [1.54, 1.807) is 6.08 Å². The summed E-state index contributed by atoms with van der Waals surface area (Å²) in [5.41, 5.74) is 0.176. The summed E-state index contributed by atoms with van der Waals surface area (Å²) in [6.45, 7) is 0. The maximum Gasteiger partial charge on any atom is 0.438 e. The Morgan fingerprint density at radius 2 is 1.63 bits per heavy atom. The summed E-state index contributed by atoms with van der Waals surface area (Å²) in [5, 5.41) is 20.1. The molecular formula is C14H6F5NO6S. The summed E-state index contributed by atoms with van der Waals surface area (Å²) >= 11 is -3.21. The summed E-state index contributed by atoms with van der Waals surface area (Å²) in [7, 11) is 0. The quantitative estimate of drug-likeness (QED) is 0.457. The number of nitrogens with zero attached hydrogens (tertiary/aromatic N) is 1. The fourth-order valence-electron chi connectivity index (χ4n) is 2.77. The Labute approximate surface area is 148 Å². The van der Waals surface area contributed by atoms with Crippen LogP contribution >= 0.6 is 0 Å². The highest BCUT2D eigenvalue weighted by Gasteiger charge is 2.43. The number of aromatic nitrogens is 1. The molecule has 0 radical (unpaired) electrons. The van der Waals surface area contributed by atoms with E-state index in [-0.39, 0.29) is 21.6 Å². The molecule has 144 valence electrons. The molecule has 3 heterocycles. The van der Waals surface area contributed by atoms with Gasteiger partial charge in [0.2, 0.25) is 46.6 Å². The molecule has 2 aliphatic heterocycles. The lowest BCUT2D eigenvalue weighted by molar-refractivity contribution is 0.177. The minimum Gasteiger partial charge on any atom is -0.492 e. The maximum absolute atomic E-state index is 13.5. The Morgan fingerprint density at radius 3 is 2.22 bits per heavy atom. The molecule has 2 atom stereocenters. The lowest BCUT2D eigenvalue weighted by Gasteiger charge is -2.11. The molecular weight excluding hydrogens is 405 g/mol. The van der Waals surface area contributed by atoms with E-state index in [1.165, 1.54) is 0 Å². The van der Waals surface area contributed by atoms with Crippen molar-refractivity contribution in [1.29, 1.82) is 0 Å². The van der Waals surface area contributed by atoms with Gasteiger partial charge in [-0.15, -0.1) is 0 Å². The number of ether oxygens (including phenoxy) is 1. The second kappa shape index (κ2) is 5.77. The number of rotatable bonds is 4. The van der Waals surface area contributed by atoms with Crippen molar-refractivity contribution in [2.24, 2.45) is 0 Å². The SMILES string of the molecule is O=S(Oc1c(F)c(F)c(F)c(F)c1F)On1c(O)c2c(c1O)C1CC=C2O1. The van der Waals surface area contributed by atoms with Gasteiger partial charge in [-0.05, 0) is 6.08 Å². The van der Waals surface area contributed by atoms with Crippen molar-refractivity contribution in [3.8, 4) is 17.5 Å². The second-order valence-electron chi connectivity index (χ2n) is 5.40. The number of halogens is 5. The van der Waals surface area contributed by atoms with Gasteiger partial charge in [-0.25, -0.2) is 13.2 Å². The van der Waals surface area contributed by atoms with Crippen LogP contribution in [0.3, 0.4) is 0 Å². The van der Waals surface area contributed by atoms with Gasteiger partial charge >= 0.3 is 11.4 Å². The molecule has 7 nitrogen and oxygen atoms in total. The van der Waals surface area contributed by atoms with Gasteiger partial charge in [0.1, 0.15) is 11.9 Å². The number of fused-ring (bicyclic) bond motifs is 5. The van der Waals surface area contributed by atoms with Crippen LogP contribution in [0.5, 0.6) is 17.5 Å². The molecule has 1 aromatic heterocycles.